The zero-order valence-electron chi connectivity index (χ0n) is 19.9. The molecule has 0 radical (unpaired) electrons. The van der Waals surface area contributed by atoms with Crippen LogP contribution in [0.4, 0.5) is 5.69 Å². The maximum Gasteiger partial charge on any atom is 0.264 e. The Morgan fingerprint density at radius 1 is 0.969 bits per heavy atom. The minimum absolute atomic E-state index is 0.0113. The maximum absolute atomic E-state index is 13.6. The Bertz CT molecular complexity index is 1030. The molecule has 0 bridgehead atoms. The van der Waals surface area contributed by atoms with E-state index in [4.69, 9.17) is 9.47 Å². The van der Waals surface area contributed by atoms with Crippen molar-refractivity contribution in [3.8, 4) is 11.5 Å². The minimum atomic E-state index is -4.06. The first-order chi connectivity index (χ1) is 14.8. The molecule has 8 heteroatoms. The van der Waals surface area contributed by atoms with Gasteiger partial charge in [0.2, 0.25) is 5.91 Å². The number of nitrogens with zero attached hydrogens (tertiary/aromatic N) is 1. The highest BCUT2D eigenvalue weighted by Gasteiger charge is 2.32. The number of amides is 1. The highest BCUT2D eigenvalue weighted by atomic mass is 32.2. The second-order valence-electron chi connectivity index (χ2n) is 9.53. The van der Waals surface area contributed by atoms with Gasteiger partial charge in [-0.25, -0.2) is 8.42 Å². The first-order valence-electron chi connectivity index (χ1n) is 10.4. The highest BCUT2D eigenvalue weighted by Crippen LogP contribution is 2.35. The molecule has 0 spiro atoms. The predicted octanol–water partition coefficient (Wildman–Crippen LogP) is 4.23. The molecule has 2 aromatic rings. The van der Waals surface area contributed by atoms with Gasteiger partial charge in [-0.2, -0.15) is 0 Å². The number of carbonyl (C=O) groups is 1. The topological polar surface area (TPSA) is 84.9 Å². The summed E-state index contributed by atoms with van der Waals surface area (Å²) < 4.78 is 38.9. The summed E-state index contributed by atoms with van der Waals surface area (Å²) in [5.74, 6) is 0.346. The SMILES string of the molecule is COc1ccc(OC)c(N(CC(=O)NC(C)(C)CC(C)(C)C)S(=O)(=O)c2ccccc2)c1. The van der Waals surface area contributed by atoms with Crippen molar-refractivity contribution >= 4 is 21.6 Å². The van der Waals surface area contributed by atoms with Crippen LogP contribution in [0.3, 0.4) is 0 Å². The van der Waals surface area contributed by atoms with Crippen LogP contribution in [0.15, 0.2) is 53.4 Å². The molecule has 176 valence electrons. The lowest BCUT2D eigenvalue weighted by Crippen LogP contribution is -2.50. The number of hydrogen-bond acceptors (Lipinski definition) is 5. The minimum Gasteiger partial charge on any atom is -0.497 e. The van der Waals surface area contributed by atoms with Gasteiger partial charge in [0, 0.05) is 11.6 Å². The van der Waals surface area contributed by atoms with Crippen molar-refractivity contribution in [2.45, 2.75) is 51.5 Å². The van der Waals surface area contributed by atoms with Gasteiger partial charge in [0.05, 0.1) is 24.8 Å². The molecule has 0 aliphatic heterocycles. The normalized spacial score (nSPS) is 12.2. The molecule has 0 aliphatic rings. The lowest BCUT2D eigenvalue weighted by Gasteiger charge is -2.34. The number of hydrogen-bond donors (Lipinski definition) is 1. The Morgan fingerprint density at radius 2 is 1.59 bits per heavy atom. The Morgan fingerprint density at radius 3 is 2.12 bits per heavy atom. The summed E-state index contributed by atoms with van der Waals surface area (Å²) in [6, 6.07) is 12.8. The van der Waals surface area contributed by atoms with Gasteiger partial charge in [-0.3, -0.25) is 9.10 Å². The van der Waals surface area contributed by atoms with Crippen molar-refractivity contribution in [1.82, 2.24) is 5.32 Å². The van der Waals surface area contributed by atoms with Crippen LogP contribution in [-0.2, 0) is 14.8 Å². The number of methoxy groups -OCH3 is 2. The van der Waals surface area contributed by atoms with Crippen LogP contribution in [0, 0.1) is 5.41 Å². The van der Waals surface area contributed by atoms with E-state index in [1.165, 1.54) is 26.4 Å². The standard InChI is InChI=1S/C24H34N2O5S/c1-23(2,3)17-24(4,5)25-22(27)16-26(32(28,29)19-11-9-8-10-12-19)20-15-18(30-6)13-14-21(20)31-7/h8-15H,16-17H2,1-7H3,(H,25,27). The van der Waals surface area contributed by atoms with E-state index in [1.807, 2.05) is 13.8 Å². The third-order valence-electron chi connectivity index (χ3n) is 4.72. The number of benzene rings is 2. The summed E-state index contributed by atoms with van der Waals surface area (Å²) in [6.45, 7) is 9.72. The first-order valence-corrected chi connectivity index (χ1v) is 11.8. The van der Waals surface area contributed by atoms with E-state index in [2.05, 4.69) is 26.1 Å². The van der Waals surface area contributed by atoms with Gasteiger partial charge in [0.15, 0.2) is 0 Å². The van der Waals surface area contributed by atoms with Crippen molar-refractivity contribution in [2.24, 2.45) is 5.41 Å². The van der Waals surface area contributed by atoms with E-state index in [0.717, 1.165) is 10.7 Å². The van der Waals surface area contributed by atoms with E-state index < -0.39 is 28.0 Å². The van der Waals surface area contributed by atoms with Gasteiger partial charge >= 0.3 is 0 Å². The largest absolute Gasteiger partial charge is 0.497 e. The molecule has 0 aromatic heterocycles. The molecule has 2 rings (SSSR count). The van der Waals surface area contributed by atoms with E-state index in [1.54, 1.807) is 36.4 Å². The van der Waals surface area contributed by atoms with Crippen LogP contribution >= 0.6 is 0 Å². The molecule has 1 N–H and O–H groups in total. The lowest BCUT2D eigenvalue weighted by molar-refractivity contribution is -0.121. The molecular weight excluding hydrogens is 428 g/mol. The monoisotopic (exact) mass is 462 g/mol. The van der Waals surface area contributed by atoms with Crippen molar-refractivity contribution in [1.29, 1.82) is 0 Å². The van der Waals surface area contributed by atoms with Crippen LogP contribution in [0.1, 0.15) is 41.0 Å². The van der Waals surface area contributed by atoms with Gasteiger partial charge in [0.25, 0.3) is 10.0 Å². The van der Waals surface area contributed by atoms with E-state index in [0.29, 0.717) is 11.5 Å². The van der Waals surface area contributed by atoms with Crippen molar-refractivity contribution in [2.75, 3.05) is 25.1 Å². The number of nitrogens with one attached hydrogen (secondary N) is 1. The number of carbonyl (C=O) groups excluding carboxylic acids is 1. The molecule has 0 fully saturated rings. The lowest BCUT2D eigenvalue weighted by atomic mass is 9.82. The molecule has 1 amide bonds. The summed E-state index contributed by atoms with van der Waals surface area (Å²) >= 11 is 0. The zero-order chi connectivity index (χ0) is 24.2. The fourth-order valence-electron chi connectivity index (χ4n) is 3.93. The summed E-state index contributed by atoms with van der Waals surface area (Å²) in [5, 5.41) is 2.99. The Balaban J connectivity index is 2.50. The van der Waals surface area contributed by atoms with Gasteiger partial charge in [-0.1, -0.05) is 39.0 Å². The van der Waals surface area contributed by atoms with E-state index in [9.17, 15) is 13.2 Å². The third-order valence-corrected chi connectivity index (χ3v) is 6.50. The molecule has 32 heavy (non-hydrogen) atoms. The summed E-state index contributed by atoms with van der Waals surface area (Å²) in [5.41, 5.74) is -0.307. The zero-order valence-corrected chi connectivity index (χ0v) is 20.7. The van der Waals surface area contributed by atoms with E-state index >= 15 is 0 Å². The van der Waals surface area contributed by atoms with Crippen LogP contribution in [0.2, 0.25) is 0 Å². The smallest absolute Gasteiger partial charge is 0.264 e. The molecule has 0 unspecified atom stereocenters. The molecule has 0 atom stereocenters. The predicted molar refractivity (Wildman–Crippen MR) is 127 cm³/mol. The quantitative estimate of drug-likeness (QED) is 0.603. The summed E-state index contributed by atoms with van der Waals surface area (Å²) in [6.07, 6.45) is 0.722. The second kappa shape index (κ2) is 9.81. The molecular formula is C24H34N2O5S. The van der Waals surface area contributed by atoms with Crippen LogP contribution in [0.5, 0.6) is 11.5 Å². The Labute approximate surface area is 191 Å². The molecule has 0 saturated carbocycles. The number of ether oxygens (including phenoxy) is 2. The molecule has 0 aliphatic carbocycles. The molecule has 2 aromatic carbocycles. The average Bonchev–Trinajstić information content (AvgIpc) is 2.69. The van der Waals surface area contributed by atoms with Crippen LogP contribution in [0.25, 0.3) is 0 Å². The van der Waals surface area contributed by atoms with Crippen LogP contribution < -0.4 is 19.1 Å². The van der Waals surface area contributed by atoms with Gasteiger partial charge in [0.1, 0.15) is 18.0 Å². The van der Waals surface area contributed by atoms with Gasteiger partial charge in [-0.15, -0.1) is 0 Å². The molecule has 0 heterocycles. The third kappa shape index (κ3) is 6.63. The van der Waals surface area contributed by atoms with Gasteiger partial charge < -0.3 is 14.8 Å². The maximum atomic E-state index is 13.6. The fraction of sp³-hybridized carbons (Fsp3) is 0.458. The van der Waals surface area contributed by atoms with Crippen molar-refractivity contribution in [3.05, 3.63) is 48.5 Å². The highest BCUT2D eigenvalue weighted by molar-refractivity contribution is 7.92. The van der Waals surface area contributed by atoms with Crippen molar-refractivity contribution < 1.29 is 22.7 Å². The fourth-order valence-corrected chi connectivity index (χ4v) is 5.37. The average molecular weight is 463 g/mol. The Hall–Kier alpha value is -2.74. The van der Waals surface area contributed by atoms with Gasteiger partial charge in [-0.05, 0) is 49.9 Å². The van der Waals surface area contributed by atoms with E-state index in [-0.39, 0.29) is 16.0 Å². The number of anilines is 1. The second-order valence-corrected chi connectivity index (χ2v) is 11.4. The van der Waals surface area contributed by atoms with Crippen LogP contribution in [-0.4, -0.2) is 40.6 Å². The molecule has 0 saturated heterocycles. The van der Waals surface area contributed by atoms with Crippen molar-refractivity contribution in [3.63, 3.8) is 0 Å². The summed E-state index contributed by atoms with van der Waals surface area (Å²) in [4.78, 5) is 13.1. The Kier molecular flexibility index (Phi) is 7.83. The first kappa shape index (κ1) is 25.5. The molecule has 7 nitrogen and oxygen atoms in total. The number of sulfonamides is 1. The number of rotatable bonds is 9. The summed E-state index contributed by atoms with van der Waals surface area (Å²) in [7, 11) is -1.12.